The molecule has 7 heteroatoms. The van der Waals surface area contributed by atoms with Gasteiger partial charge in [-0.3, -0.25) is 9.59 Å². The minimum atomic E-state index is -2.73. The van der Waals surface area contributed by atoms with Gasteiger partial charge in [-0.1, -0.05) is 24.3 Å². The molecule has 0 radical (unpaired) electrons. The van der Waals surface area contributed by atoms with Gasteiger partial charge in [-0.15, -0.1) is 0 Å². The first-order valence-corrected chi connectivity index (χ1v) is 9.40. The Bertz CT molecular complexity index is 928. The van der Waals surface area contributed by atoms with Crippen LogP contribution in [0.3, 0.4) is 0 Å². The van der Waals surface area contributed by atoms with Crippen LogP contribution in [-0.4, -0.2) is 43.7 Å². The fourth-order valence-electron chi connectivity index (χ4n) is 2.76. The maximum atomic E-state index is 14.9. The highest BCUT2D eigenvalue weighted by Crippen LogP contribution is 2.28. The second-order valence-electron chi connectivity index (χ2n) is 6.74. The predicted octanol–water partition coefficient (Wildman–Crippen LogP) is 3.80. The second kappa shape index (κ2) is 10.5. The first kappa shape index (κ1) is 23.8. The van der Waals surface area contributed by atoms with Crippen molar-refractivity contribution >= 4 is 23.7 Å². The molecular formula is C24H25FO6. The summed E-state index contributed by atoms with van der Waals surface area (Å²) in [4.78, 5) is 24.7. The highest BCUT2D eigenvalue weighted by atomic mass is 19.1. The van der Waals surface area contributed by atoms with Crippen LogP contribution in [0.1, 0.15) is 23.6 Å². The van der Waals surface area contributed by atoms with E-state index in [1.54, 1.807) is 36.4 Å². The van der Waals surface area contributed by atoms with Crippen molar-refractivity contribution in [3.8, 4) is 17.2 Å². The molecule has 0 saturated carbocycles. The molecule has 0 spiro atoms. The van der Waals surface area contributed by atoms with Crippen LogP contribution >= 0.6 is 0 Å². The van der Waals surface area contributed by atoms with Gasteiger partial charge >= 0.3 is 0 Å². The molecule has 0 aliphatic rings. The van der Waals surface area contributed by atoms with E-state index in [1.165, 1.54) is 33.5 Å². The molecule has 0 aromatic heterocycles. The Hall–Kier alpha value is -3.45. The minimum absolute atomic E-state index is 0.251. The lowest BCUT2D eigenvalue weighted by atomic mass is 9.95. The van der Waals surface area contributed by atoms with Gasteiger partial charge in [-0.25, -0.2) is 4.39 Å². The molecule has 0 bridgehead atoms. The number of aliphatic hydroxyl groups is 1. The highest BCUT2D eigenvalue weighted by Gasteiger charge is 2.37. The number of allylic oxidation sites excluding steroid dienone is 2. The number of aliphatic hydroxyl groups excluding tert-OH is 1. The molecule has 2 aromatic rings. The van der Waals surface area contributed by atoms with Crippen molar-refractivity contribution in [3.05, 3.63) is 65.2 Å². The lowest BCUT2D eigenvalue weighted by Gasteiger charge is -2.13. The number of hydrogen-bond acceptors (Lipinski definition) is 6. The monoisotopic (exact) mass is 428 g/mol. The number of halogens is 1. The van der Waals surface area contributed by atoms with Gasteiger partial charge in [0, 0.05) is 5.56 Å². The summed E-state index contributed by atoms with van der Waals surface area (Å²) < 4.78 is 30.4. The zero-order valence-corrected chi connectivity index (χ0v) is 17.8. The molecule has 0 amide bonds. The number of ketones is 2. The number of alkyl halides is 1. The number of benzene rings is 2. The predicted molar refractivity (Wildman–Crippen MR) is 116 cm³/mol. The van der Waals surface area contributed by atoms with E-state index < -0.39 is 17.2 Å². The van der Waals surface area contributed by atoms with E-state index in [4.69, 9.17) is 14.2 Å². The van der Waals surface area contributed by atoms with Crippen molar-refractivity contribution in [2.75, 3.05) is 21.3 Å². The number of hydrogen-bond donors (Lipinski definition) is 1. The molecule has 1 atom stereocenters. The van der Waals surface area contributed by atoms with Crippen molar-refractivity contribution < 1.29 is 33.3 Å². The summed E-state index contributed by atoms with van der Waals surface area (Å²) in [7, 11) is 4.46. The number of rotatable bonds is 10. The van der Waals surface area contributed by atoms with Crippen LogP contribution in [0.2, 0.25) is 0 Å². The van der Waals surface area contributed by atoms with Gasteiger partial charge in [0.15, 0.2) is 11.5 Å². The molecule has 1 unspecified atom stereocenters. The van der Waals surface area contributed by atoms with Gasteiger partial charge in [0.05, 0.1) is 27.9 Å². The minimum Gasteiger partial charge on any atom is -0.496 e. The van der Waals surface area contributed by atoms with Gasteiger partial charge in [-0.2, -0.15) is 0 Å². The number of ether oxygens (including phenoxy) is 3. The smallest absolute Gasteiger partial charge is 0.231 e. The third-order valence-electron chi connectivity index (χ3n) is 4.66. The topological polar surface area (TPSA) is 82.1 Å². The van der Waals surface area contributed by atoms with Gasteiger partial charge in [0.1, 0.15) is 5.75 Å². The van der Waals surface area contributed by atoms with Crippen molar-refractivity contribution in [2.45, 2.75) is 19.2 Å². The summed E-state index contributed by atoms with van der Waals surface area (Å²) in [5.41, 5.74) is -1.06. The molecule has 0 saturated heterocycles. The van der Waals surface area contributed by atoms with Crippen molar-refractivity contribution in [2.24, 2.45) is 0 Å². The fraction of sp³-hybridized carbons (Fsp3) is 0.250. The van der Waals surface area contributed by atoms with Gasteiger partial charge in [-0.05, 0) is 54.5 Å². The normalized spacial score (nSPS) is 13.2. The molecule has 31 heavy (non-hydrogen) atoms. The van der Waals surface area contributed by atoms with E-state index in [2.05, 4.69) is 0 Å². The summed E-state index contributed by atoms with van der Waals surface area (Å²) in [5, 5.41) is 9.37. The third-order valence-corrected chi connectivity index (χ3v) is 4.66. The van der Waals surface area contributed by atoms with Crippen molar-refractivity contribution in [1.82, 2.24) is 0 Å². The molecule has 2 aromatic carbocycles. The van der Waals surface area contributed by atoms with Gasteiger partial charge in [0.25, 0.3) is 0 Å². The first-order chi connectivity index (χ1) is 14.8. The molecule has 164 valence electrons. The van der Waals surface area contributed by atoms with E-state index in [-0.39, 0.29) is 6.61 Å². The SMILES string of the molecule is COc1ccc(C=CC(=O)C(C)(F)C(=O)C=Cc2ccc(OC)c(OC)c2)cc1CO. The maximum Gasteiger partial charge on any atom is 0.231 e. The summed E-state index contributed by atoms with van der Waals surface area (Å²) in [5.74, 6) is -0.499. The van der Waals surface area contributed by atoms with Crippen LogP contribution in [0.15, 0.2) is 48.6 Å². The van der Waals surface area contributed by atoms with Crippen molar-refractivity contribution in [1.29, 1.82) is 0 Å². The molecular weight excluding hydrogens is 403 g/mol. The number of methoxy groups -OCH3 is 3. The summed E-state index contributed by atoms with van der Waals surface area (Å²) in [6.07, 6.45) is 4.80. The van der Waals surface area contributed by atoms with E-state index >= 15 is 0 Å². The van der Waals surface area contributed by atoms with E-state index in [9.17, 15) is 19.1 Å². The fourth-order valence-corrected chi connectivity index (χ4v) is 2.76. The van der Waals surface area contributed by atoms with Gasteiger partial charge in [0.2, 0.25) is 17.2 Å². The molecule has 2 rings (SSSR count). The van der Waals surface area contributed by atoms with Crippen LogP contribution < -0.4 is 14.2 Å². The van der Waals surface area contributed by atoms with Crippen LogP contribution in [0.25, 0.3) is 12.2 Å². The molecule has 6 nitrogen and oxygen atoms in total. The zero-order chi connectivity index (χ0) is 23.0. The largest absolute Gasteiger partial charge is 0.496 e. The van der Waals surface area contributed by atoms with Crippen LogP contribution in [0.5, 0.6) is 17.2 Å². The first-order valence-electron chi connectivity index (χ1n) is 9.40. The zero-order valence-electron chi connectivity index (χ0n) is 17.8. The number of carbonyl (C=O) groups excluding carboxylic acids is 2. The summed E-state index contributed by atoms with van der Waals surface area (Å²) in [6, 6.07) is 9.84. The summed E-state index contributed by atoms with van der Waals surface area (Å²) in [6.45, 7) is 0.674. The second-order valence-corrected chi connectivity index (χ2v) is 6.74. The Balaban J connectivity index is 2.14. The van der Waals surface area contributed by atoms with E-state index in [1.807, 2.05) is 0 Å². The standard InChI is InChI=1S/C24H25FO6/c1-24(25,22(27)11-7-16-5-9-19(29-2)18(13-16)15-26)23(28)12-8-17-6-10-20(30-3)21(14-17)31-4/h5-14,26H,15H2,1-4H3. The average molecular weight is 428 g/mol. The summed E-state index contributed by atoms with van der Waals surface area (Å²) >= 11 is 0. The van der Waals surface area contributed by atoms with Crippen LogP contribution in [-0.2, 0) is 16.2 Å². The molecule has 0 fully saturated rings. The van der Waals surface area contributed by atoms with E-state index in [0.29, 0.717) is 33.9 Å². The lowest BCUT2D eigenvalue weighted by Crippen LogP contribution is -2.37. The molecule has 0 aliphatic carbocycles. The Morgan fingerprint density at radius 3 is 1.84 bits per heavy atom. The Morgan fingerprint density at radius 2 is 1.35 bits per heavy atom. The molecule has 1 N–H and O–H groups in total. The average Bonchev–Trinajstić information content (AvgIpc) is 2.80. The Kier molecular flexibility index (Phi) is 8.10. The Morgan fingerprint density at radius 1 is 0.871 bits per heavy atom. The third kappa shape index (κ3) is 5.79. The quantitative estimate of drug-likeness (QED) is 0.458. The number of carbonyl (C=O) groups is 2. The Labute approximate surface area is 180 Å². The lowest BCUT2D eigenvalue weighted by molar-refractivity contribution is -0.135. The molecule has 0 aliphatic heterocycles. The maximum absolute atomic E-state index is 14.9. The van der Waals surface area contributed by atoms with Gasteiger partial charge < -0.3 is 19.3 Å². The highest BCUT2D eigenvalue weighted by molar-refractivity contribution is 6.19. The van der Waals surface area contributed by atoms with E-state index in [0.717, 1.165) is 19.1 Å². The van der Waals surface area contributed by atoms with Crippen LogP contribution in [0, 0.1) is 0 Å². The van der Waals surface area contributed by atoms with Crippen molar-refractivity contribution in [3.63, 3.8) is 0 Å². The van der Waals surface area contributed by atoms with Crippen LogP contribution in [0.4, 0.5) is 4.39 Å². The molecule has 0 heterocycles.